The average Bonchev–Trinajstić information content (AvgIpc) is 2.78. The summed E-state index contributed by atoms with van der Waals surface area (Å²) in [6, 6.07) is 0. The standard InChI is InChI=1S/C11H17N3O2S/c1-4-7-14(8-5-2)17(15,16)11-9-12-13(6-3)10-11/h4-5,9-10H,1-2,6-8H2,3H3. The molecule has 17 heavy (non-hydrogen) atoms. The minimum atomic E-state index is -3.51. The molecule has 0 aromatic carbocycles. The quantitative estimate of drug-likeness (QED) is 0.689. The lowest BCUT2D eigenvalue weighted by Crippen LogP contribution is -2.31. The van der Waals surface area contributed by atoms with E-state index < -0.39 is 10.0 Å². The normalized spacial score (nSPS) is 11.6. The van der Waals surface area contributed by atoms with E-state index in [0.29, 0.717) is 6.54 Å². The zero-order valence-electron chi connectivity index (χ0n) is 9.91. The van der Waals surface area contributed by atoms with Gasteiger partial charge in [-0.05, 0) is 6.92 Å². The van der Waals surface area contributed by atoms with Gasteiger partial charge in [0.25, 0.3) is 0 Å². The minimum Gasteiger partial charge on any atom is -0.272 e. The van der Waals surface area contributed by atoms with Gasteiger partial charge in [0.1, 0.15) is 4.90 Å². The van der Waals surface area contributed by atoms with Gasteiger partial charge in [-0.3, -0.25) is 4.68 Å². The number of hydrogen-bond donors (Lipinski definition) is 0. The lowest BCUT2D eigenvalue weighted by Gasteiger charge is -2.17. The van der Waals surface area contributed by atoms with E-state index >= 15 is 0 Å². The van der Waals surface area contributed by atoms with E-state index in [1.165, 1.54) is 16.7 Å². The van der Waals surface area contributed by atoms with Crippen molar-refractivity contribution < 1.29 is 8.42 Å². The Morgan fingerprint density at radius 1 is 1.41 bits per heavy atom. The molecule has 1 heterocycles. The first-order chi connectivity index (χ1) is 8.06. The Hall–Kier alpha value is -1.40. The molecule has 0 aliphatic heterocycles. The summed E-state index contributed by atoms with van der Waals surface area (Å²) >= 11 is 0. The van der Waals surface area contributed by atoms with Crippen molar-refractivity contribution in [2.75, 3.05) is 13.1 Å². The molecule has 0 bridgehead atoms. The third-order valence-electron chi connectivity index (χ3n) is 2.24. The van der Waals surface area contributed by atoms with E-state index in [1.807, 2.05) is 6.92 Å². The molecule has 1 rings (SSSR count). The lowest BCUT2D eigenvalue weighted by molar-refractivity contribution is 0.474. The van der Waals surface area contributed by atoms with Crippen LogP contribution in [0.1, 0.15) is 6.92 Å². The zero-order chi connectivity index (χ0) is 12.9. The second kappa shape index (κ2) is 5.79. The van der Waals surface area contributed by atoms with Gasteiger partial charge in [0.2, 0.25) is 10.0 Å². The molecule has 0 fully saturated rings. The first-order valence-electron chi connectivity index (χ1n) is 5.30. The van der Waals surface area contributed by atoms with Crippen LogP contribution in [0, 0.1) is 0 Å². The fourth-order valence-electron chi connectivity index (χ4n) is 1.36. The van der Waals surface area contributed by atoms with Crippen LogP contribution >= 0.6 is 0 Å². The summed E-state index contributed by atoms with van der Waals surface area (Å²) in [6.07, 6.45) is 5.98. The number of rotatable bonds is 7. The van der Waals surface area contributed by atoms with E-state index in [9.17, 15) is 8.42 Å². The fourth-order valence-corrected chi connectivity index (χ4v) is 2.70. The molecule has 6 heteroatoms. The first-order valence-corrected chi connectivity index (χ1v) is 6.74. The van der Waals surface area contributed by atoms with Crippen LogP contribution in [0.25, 0.3) is 0 Å². The van der Waals surface area contributed by atoms with Gasteiger partial charge in [-0.2, -0.15) is 9.40 Å². The molecule has 0 aliphatic rings. The molecule has 0 amide bonds. The van der Waals surface area contributed by atoms with Crippen LogP contribution in [-0.4, -0.2) is 35.6 Å². The summed E-state index contributed by atoms with van der Waals surface area (Å²) in [6.45, 7) is 10.1. The Morgan fingerprint density at radius 2 is 2.00 bits per heavy atom. The van der Waals surface area contributed by atoms with Crippen molar-refractivity contribution in [3.05, 3.63) is 37.7 Å². The molecular formula is C11H17N3O2S. The fraction of sp³-hybridized carbons (Fsp3) is 0.364. The number of nitrogens with zero attached hydrogens (tertiary/aromatic N) is 3. The van der Waals surface area contributed by atoms with E-state index in [1.54, 1.807) is 16.8 Å². The van der Waals surface area contributed by atoms with Crippen LogP contribution in [0.4, 0.5) is 0 Å². The molecule has 0 spiro atoms. The van der Waals surface area contributed by atoms with Crippen molar-refractivity contribution in [3.63, 3.8) is 0 Å². The molecule has 94 valence electrons. The number of aryl methyl sites for hydroxylation is 1. The zero-order valence-corrected chi connectivity index (χ0v) is 10.7. The predicted molar refractivity (Wildman–Crippen MR) is 67.1 cm³/mol. The highest BCUT2D eigenvalue weighted by Gasteiger charge is 2.23. The third-order valence-corrected chi connectivity index (χ3v) is 4.02. The second-order valence-corrected chi connectivity index (χ2v) is 5.37. The number of aromatic nitrogens is 2. The van der Waals surface area contributed by atoms with Crippen molar-refractivity contribution in [1.29, 1.82) is 0 Å². The van der Waals surface area contributed by atoms with Crippen LogP contribution in [0.2, 0.25) is 0 Å². The minimum absolute atomic E-state index is 0.197. The predicted octanol–water partition coefficient (Wildman–Crippen LogP) is 1.27. The van der Waals surface area contributed by atoms with Gasteiger partial charge in [0.15, 0.2) is 0 Å². The SMILES string of the molecule is C=CCN(CC=C)S(=O)(=O)c1cnn(CC)c1. The number of hydrogen-bond acceptors (Lipinski definition) is 3. The van der Waals surface area contributed by atoms with E-state index in [4.69, 9.17) is 0 Å². The van der Waals surface area contributed by atoms with E-state index in [0.717, 1.165) is 0 Å². The summed E-state index contributed by atoms with van der Waals surface area (Å²) in [5.74, 6) is 0. The smallest absolute Gasteiger partial charge is 0.246 e. The molecule has 0 atom stereocenters. The van der Waals surface area contributed by atoms with Gasteiger partial charge in [-0.1, -0.05) is 12.2 Å². The molecule has 0 unspecified atom stereocenters. The summed E-state index contributed by atoms with van der Waals surface area (Å²) < 4.78 is 27.3. The van der Waals surface area contributed by atoms with Crippen molar-refractivity contribution >= 4 is 10.0 Å². The first kappa shape index (κ1) is 13.7. The molecule has 0 radical (unpaired) electrons. The maximum absolute atomic E-state index is 12.2. The highest BCUT2D eigenvalue weighted by atomic mass is 32.2. The Labute approximate surface area is 102 Å². The Balaban J connectivity index is 3.05. The highest BCUT2D eigenvalue weighted by molar-refractivity contribution is 7.89. The van der Waals surface area contributed by atoms with Gasteiger partial charge < -0.3 is 0 Å². The van der Waals surface area contributed by atoms with Gasteiger partial charge >= 0.3 is 0 Å². The molecule has 0 saturated heterocycles. The van der Waals surface area contributed by atoms with Crippen molar-refractivity contribution in [2.24, 2.45) is 0 Å². The Kier molecular flexibility index (Phi) is 4.65. The van der Waals surface area contributed by atoms with Crippen molar-refractivity contribution in [3.8, 4) is 0 Å². The molecular weight excluding hydrogens is 238 g/mol. The van der Waals surface area contributed by atoms with Gasteiger partial charge in [-0.15, -0.1) is 13.2 Å². The van der Waals surface area contributed by atoms with E-state index in [2.05, 4.69) is 18.3 Å². The Morgan fingerprint density at radius 3 is 2.41 bits per heavy atom. The monoisotopic (exact) mass is 255 g/mol. The second-order valence-electron chi connectivity index (χ2n) is 3.43. The topological polar surface area (TPSA) is 55.2 Å². The molecule has 0 saturated carbocycles. The van der Waals surface area contributed by atoms with E-state index in [-0.39, 0.29) is 18.0 Å². The van der Waals surface area contributed by atoms with Gasteiger partial charge in [0.05, 0.1) is 6.20 Å². The largest absolute Gasteiger partial charge is 0.272 e. The van der Waals surface area contributed by atoms with Crippen LogP contribution in [-0.2, 0) is 16.6 Å². The molecule has 0 N–H and O–H groups in total. The van der Waals surface area contributed by atoms with Crippen molar-refractivity contribution in [2.45, 2.75) is 18.4 Å². The van der Waals surface area contributed by atoms with Crippen LogP contribution in [0.15, 0.2) is 42.6 Å². The maximum atomic E-state index is 12.2. The van der Waals surface area contributed by atoms with Gasteiger partial charge in [0, 0.05) is 25.8 Å². The lowest BCUT2D eigenvalue weighted by atomic mass is 10.5. The maximum Gasteiger partial charge on any atom is 0.246 e. The van der Waals surface area contributed by atoms with Crippen LogP contribution in [0.3, 0.4) is 0 Å². The molecule has 1 aromatic rings. The Bertz CT molecular complexity index is 481. The third kappa shape index (κ3) is 3.04. The summed E-state index contributed by atoms with van der Waals surface area (Å²) in [5, 5.41) is 3.96. The molecule has 0 aliphatic carbocycles. The summed E-state index contributed by atoms with van der Waals surface area (Å²) in [4.78, 5) is 0.197. The van der Waals surface area contributed by atoms with Gasteiger partial charge in [-0.25, -0.2) is 8.42 Å². The summed E-state index contributed by atoms with van der Waals surface area (Å²) in [5.41, 5.74) is 0. The van der Waals surface area contributed by atoms with Crippen LogP contribution < -0.4 is 0 Å². The van der Waals surface area contributed by atoms with Crippen molar-refractivity contribution in [1.82, 2.24) is 14.1 Å². The average molecular weight is 255 g/mol. The summed E-state index contributed by atoms with van der Waals surface area (Å²) in [7, 11) is -3.51. The molecule has 5 nitrogen and oxygen atoms in total. The highest BCUT2D eigenvalue weighted by Crippen LogP contribution is 2.14. The van der Waals surface area contributed by atoms with Crippen LogP contribution in [0.5, 0.6) is 0 Å². The molecule has 1 aromatic heterocycles. The number of sulfonamides is 1.